The smallest absolute Gasteiger partial charge is 0.330 e. The monoisotopic (exact) mass is 304 g/mol. The number of thiazole rings is 1. The van der Waals surface area contributed by atoms with Gasteiger partial charge < -0.3 is 10.4 Å². The highest BCUT2D eigenvalue weighted by Gasteiger charge is 2.23. The van der Waals surface area contributed by atoms with Crippen LogP contribution in [0.1, 0.15) is 39.6 Å². The molecule has 1 aromatic carbocycles. The van der Waals surface area contributed by atoms with Crippen LogP contribution in [-0.2, 0) is 11.2 Å². The molecule has 6 heteroatoms. The van der Waals surface area contributed by atoms with Crippen molar-refractivity contribution in [2.75, 3.05) is 0 Å². The minimum absolute atomic E-state index is 0.411. The number of carbonyl (C=O) groups excluding carboxylic acids is 1. The quantitative estimate of drug-likeness (QED) is 0.860. The van der Waals surface area contributed by atoms with Crippen LogP contribution in [0.5, 0.6) is 0 Å². The molecule has 0 unspecified atom stereocenters. The molecule has 2 aromatic rings. The van der Waals surface area contributed by atoms with Gasteiger partial charge in [0.25, 0.3) is 5.91 Å². The van der Waals surface area contributed by atoms with Crippen LogP contribution < -0.4 is 5.32 Å². The number of carboxylic acids is 1. The maximum Gasteiger partial charge on any atom is 0.330 e. The van der Waals surface area contributed by atoms with Crippen LogP contribution >= 0.6 is 11.3 Å². The molecule has 1 aromatic heterocycles. The first-order chi connectivity index (χ1) is 10.1. The Labute approximate surface area is 126 Å². The molecule has 0 aliphatic carbocycles. The zero-order valence-corrected chi connectivity index (χ0v) is 12.4. The zero-order valence-electron chi connectivity index (χ0n) is 11.6. The number of carbonyl (C=O) groups is 2. The van der Waals surface area contributed by atoms with E-state index < -0.39 is 17.9 Å². The van der Waals surface area contributed by atoms with Crippen LogP contribution in [0, 0.1) is 0 Å². The van der Waals surface area contributed by atoms with Gasteiger partial charge in [-0.2, -0.15) is 0 Å². The number of carboxylic acid groups (broad SMARTS) is 1. The van der Waals surface area contributed by atoms with E-state index in [1.807, 2.05) is 6.92 Å². The summed E-state index contributed by atoms with van der Waals surface area (Å²) >= 11 is 1.30. The Morgan fingerprint density at radius 1 is 1.33 bits per heavy atom. The fourth-order valence-corrected chi connectivity index (χ4v) is 2.80. The highest BCUT2D eigenvalue weighted by Crippen LogP contribution is 2.17. The molecule has 1 amide bonds. The second kappa shape index (κ2) is 6.99. The van der Waals surface area contributed by atoms with Crippen molar-refractivity contribution >= 4 is 23.2 Å². The number of rotatable bonds is 6. The van der Waals surface area contributed by atoms with Gasteiger partial charge in [0, 0.05) is 0 Å². The van der Waals surface area contributed by atoms with Crippen molar-refractivity contribution in [3.63, 3.8) is 0 Å². The molecule has 0 spiro atoms. The van der Waals surface area contributed by atoms with Gasteiger partial charge in [-0.25, -0.2) is 9.78 Å². The van der Waals surface area contributed by atoms with Gasteiger partial charge in [0.2, 0.25) is 0 Å². The number of nitrogens with zero attached hydrogens (tertiary/aromatic N) is 1. The van der Waals surface area contributed by atoms with Crippen LogP contribution in [0.25, 0.3) is 0 Å². The summed E-state index contributed by atoms with van der Waals surface area (Å²) in [6, 6.07) is 7.57. The molecule has 5 nitrogen and oxygen atoms in total. The van der Waals surface area contributed by atoms with E-state index in [1.165, 1.54) is 17.5 Å². The molecule has 0 aliphatic heterocycles. The van der Waals surface area contributed by atoms with E-state index in [9.17, 15) is 14.7 Å². The summed E-state index contributed by atoms with van der Waals surface area (Å²) in [5.74, 6) is -1.50. The van der Waals surface area contributed by atoms with Gasteiger partial charge in [0.15, 0.2) is 6.04 Å². The summed E-state index contributed by atoms with van der Waals surface area (Å²) in [6.07, 6.45) is 3.27. The number of hydrogen-bond acceptors (Lipinski definition) is 4. The second-order valence-electron chi connectivity index (χ2n) is 4.52. The first kappa shape index (κ1) is 15.2. The Kier molecular flexibility index (Phi) is 5.05. The molecule has 110 valence electrons. The molecule has 0 saturated carbocycles. The number of nitrogens with one attached hydrogen (secondary N) is 1. The van der Waals surface area contributed by atoms with E-state index in [0.717, 1.165) is 17.8 Å². The topological polar surface area (TPSA) is 79.3 Å². The first-order valence-electron chi connectivity index (χ1n) is 6.65. The van der Waals surface area contributed by atoms with Crippen molar-refractivity contribution in [1.29, 1.82) is 0 Å². The molecule has 0 radical (unpaired) electrons. The van der Waals surface area contributed by atoms with Crippen LogP contribution in [0.4, 0.5) is 0 Å². The Morgan fingerprint density at radius 3 is 2.67 bits per heavy atom. The SMILES string of the molecule is CCCc1ncc(C(=O)N[C@H](C(=O)O)c2ccccc2)s1. The van der Waals surface area contributed by atoms with Crippen molar-refractivity contribution in [3.05, 3.63) is 52.0 Å². The van der Waals surface area contributed by atoms with Gasteiger partial charge in [-0.05, 0) is 18.4 Å². The molecular formula is C15H16N2O3S. The summed E-state index contributed by atoms with van der Waals surface area (Å²) in [5.41, 5.74) is 0.539. The standard InChI is InChI=1S/C15H16N2O3S/c1-2-6-12-16-9-11(21-12)14(18)17-13(15(19)20)10-7-4-3-5-8-10/h3-5,7-9,13H,2,6H2,1H3,(H,17,18)(H,19,20)/t13-/m0/s1. The maximum atomic E-state index is 12.1. The normalized spacial score (nSPS) is 11.9. The van der Waals surface area contributed by atoms with Crippen molar-refractivity contribution in [2.24, 2.45) is 0 Å². The molecular weight excluding hydrogens is 288 g/mol. The summed E-state index contributed by atoms with van der Waals surface area (Å²) in [7, 11) is 0. The molecule has 21 heavy (non-hydrogen) atoms. The number of amides is 1. The van der Waals surface area contributed by atoms with Gasteiger partial charge in [-0.15, -0.1) is 11.3 Å². The minimum Gasteiger partial charge on any atom is -0.479 e. The molecule has 2 N–H and O–H groups in total. The summed E-state index contributed by atoms with van der Waals surface area (Å²) in [4.78, 5) is 28.1. The third kappa shape index (κ3) is 3.88. The number of aryl methyl sites for hydroxylation is 1. The zero-order chi connectivity index (χ0) is 15.2. The summed E-state index contributed by atoms with van der Waals surface area (Å²) in [6.45, 7) is 2.04. The highest BCUT2D eigenvalue weighted by atomic mass is 32.1. The fourth-order valence-electron chi connectivity index (χ4n) is 1.88. The lowest BCUT2D eigenvalue weighted by Gasteiger charge is -2.13. The Balaban J connectivity index is 2.13. The largest absolute Gasteiger partial charge is 0.479 e. The van der Waals surface area contributed by atoms with E-state index in [0.29, 0.717) is 10.4 Å². The van der Waals surface area contributed by atoms with Crippen molar-refractivity contribution in [2.45, 2.75) is 25.8 Å². The fraction of sp³-hybridized carbons (Fsp3) is 0.267. The maximum absolute atomic E-state index is 12.1. The lowest BCUT2D eigenvalue weighted by Crippen LogP contribution is -2.33. The summed E-state index contributed by atoms with van der Waals surface area (Å²) in [5, 5.41) is 12.7. The van der Waals surface area contributed by atoms with Crippen LogP contribution in [0.2, 0.25) is 0 Å². The number of hydrogen-bond donors (Lipinski definition) is 2. The minimum atomic E-state index is -1.09. The lowest BCUT2D eigenvalue weighted by atomic mass is 10.1. The predicted octanol–water partition coefficient (Wildman–Crippen LogP) is 2.65. The molecule has 2 rings (SSSR count). The van der Waals surface area contributed by atoms with E-state index >= 15 is 0 Å². The average molecular weight is 304 g/mol. The van der Waals surface area contributed by atoms with Gasteiger partial charge in [-0.1, -0.05) is 37.3 Å². The first-order valence-corrected chi connectivity index (χ1v) is 7.46. The number of benzene rings is 1. The average Bonchev–Trinajstić information content (AvgIpc) is 2.94. The third-order valence-electron chi connectivity index (χ3n) is 2.90. The van der Waals surface area contributed by atoms with Crippen LogP contribution in [0.15, 0.2) is 36.5 Å². The highest BCUT2D eigenvalue weighted by molar-refractivity contribution is 7.13. The van der Waals surface area contributed by atoms with E-state index in [1.54, 1.807) is 30.3 Å². The van der Waals surface area contributed by atoms with E-state index in [2.05, 4.69) is 10.3 Å². The third-order valence-corrected chi connectivity index (χ3v) is 3.95. The number of aliphatic carboxylic acids is 1. The molecule has 1 atom stereocenters. The van der Waals surface area contributed by atoms with Crippen molar-refractivity contribution < 1.29 is 14.7 Å². The Hall–Kier alpha value is -2.21. The van der Waals surface area contributed by atoms with Gasteiger partial charge >= 0.3 is 5.97 Å². The van der Waals surface area contributed by atoms with Crippen molar-refractivity contribution in [3.8, 4) is 0 Å². The molecule has 0 bridgehead atoms. The molecule has 0 aliphatic rings. The van der Waals surface area contributed by atoms with Crippen molar-refractivity contribution in [1.82, 2.24) is 10.3 Å². The molecule has 0 saturated heterocycles. The van der Waals surface area contributed by atoms with E-state index in [4.69, 9.17) is 0 Å². The van der Waals surface area contributed by atoms with Gasteiger partial charge in [-0.3, -0.25) is 4.79 Å². The molecule has 0 fully saturated rings. The van der Waals surface area contributed by atoms with Gasteiger partial charge in [0.05, 0.1) is 11.2 Å². The molecule has 1 heterocycles. The second-order valence-corrected chi connectivity index (χ2v) is 5.64. The lowest BCUT2D eigenvalue weighted by molar-refractivity contribution is -0.139. The van der Waals surface area contributed by atoms with Crippen LogP contribution in [0.3, 0.4) is 0 Å². The van der Waals surface area contributed by atoms with E-state index in [-0.39, 0.29) is 0 Å². The van der Waals surface area contributed by atoms with Crippen LogP contribution in [-0.4, -0.2) is 22.0 Å². The summed E-state index contributed by atoms with van der Waals surface area (Å²) < 4.78 is 0. The number of aromatic nitrogens is 1. The Morgan fingerprint density at radius 2 is 2.05 bits per heavy atom. The van der Waals surface area contributed by atoms with Gasteiger partial charge in [0.1, 0.15) is 4.88 Å². The Bertz CT molecular complexity index is 625. The predicted molar refractivity (Wildman–Crippen MR) is 80.4 cm³/mol.